The number of rotatable bonds is 3. The Morgan fingerprint density at radius 2 is 2.24 bits per heavy atom. The molecule has 1 heterocycles. The van der Waals surface area contributed by atoms with Gasteiger partial charge in [0.2, 0.25) is 5.69 Å². The number of thiol groups is 1. The van der Waals surface area contributed by atoms with Gasteiger partial charge < -0.3 is 9.29 Å². The highest BCUT2D eigenvalue weighted by Crippen LogP contribution is 2.33. The second kappa shape index (κ2) is 5.89. The van der Waals surface area contributed by atoms with Gasteiger partial charge in [0.05, 0.1) is 5.56 Å². The summed E-state index contributed by atoms with van der Waals surface area (Å²) in [5, 5.41) is 22.5. The SMILES string of the molecule is CCc1cc(O)ccc1-c1c(OS)c(C#N)nn(C)c1=O. The number of aromatic nitrogens is 2. The lowest BCUT2D eigenvalue weighted by atomic mass is 9.98. The van der Waals surface area contributed by atoms with Crippen molar-refractivity contribution in [2.75, 3.05) is 0 Å². The molecule has 7 heteroatoms. The van der Waals surface area contributed by atoms with Crippen molar-refractivity contribution in [2.24, 2.45) is 7.05 Å². The molecule has 6 nitrogen and oxygen atoms in total. The summed E-state index contributed by atoms with van der Waals surface area (Å²) >= 11 is 3.73. The van der Waals surface area contributed by atoms with E-state index in [0.29, 0.717) is 12.0 Å². The Morgan fingerprint density at radius 1 is 1.52 bits per heavy atom. The van der Waals surface area contributed by atoms with Crippen molar-refractivity contribution in [3.8, 4) is 28.7 Å². The number of nitriles is 1. The first kappa shape index (κ1) is 14.9. The molecular formula is C14H13N3O3S. The Hall–Kier alpha value is -2.46. The fourth-order valence-electron chi connectivity index (χ4n) is 2.13. The first-order valence-corrected chi connectivity index (χ1v) is 6.55. The summed E-state index contributed by atoms with van der Waals surface area (Å²) in [6.07, 6.45) is 0.600. The third kappa shape index (κ3) is 2.58. The molecule has 0 atom stereocenters. The highest BCUT2D eigenvalue weighted by Gasteiger charge is 2.21. The number of aryl methyl sites for hydroxylation is 2. The van der Waals surface area contributed by atoms with Crippen LogP contribution in [0.5, 0.6) is 11.5 Å². The Morgan fingerprint density at radius 3 is 2.81 bits per heavy atom. The van der Waals surface area contributed by atoms with E-state index in [2.05, 4.69) is 18.0 Å². The van der Waals surface area contributed by atoms with E-state index in [-0.39, 0.29) is 22.8 Å². The van der Waals surface area contributed by atoms with E-state index < -0.39 is 5.56 Å². The molecule has 2 aromatic rings. The predicted octanol–water partition coefficient (Wildman–Crippen LogP) is 1.81. The van der Waals surface area contributed by atoms with Gasteiger partial charge in [-0.1, -0.05) is 13.0 Å². The molecule has 0 aliphatic carbocycles. The molecule has 0 radical (unpaired) electrons. The second-order valence-corrected chi connectivity index (χ2v) is 4.56. The Bertz CT molecular complexity index is 793. The Kier molecular flexibility index (Phi) is 4.19. The van der Waals surface area contributed by atoms with Crippen molar-refractivity contribution in [2.45, 2.75) is 13.3 Å². The third-order valence-corrected chi connectivity index (χ3v) is 3.32. The van der Waals surface area contributed by atoms with Gasteiger partial charge in [0.25, 0.3) is 5.56 Å². The van der Waals surface area contributed by atoms with Crippen molar-refractivity contribution in [3.63, 3.8) is 0 Å². The van der Waals surface area contributed by atoms with Gasteiger partial charge in [0.1, 0.15) is 11.8 Å². The van der Waals surface area contributed by atoms with Gasteiger partial charge in [0.15, 0.2) is 5.75 Å². The zero-order chi connectivity index (χ0) is 15.6. The third-order valence-electron chi connectivity index (χ3n) is 3.14. The minimum absolute atomic E-state index is 0.0179. The fraction of sp³-hybridized carbons (Fsp3) is 0.214. The van der Waals surface area contributed by atoms with Crippen molar-refractivity contribution in [1.82, 2.24) is 9.78 Å². The van der Waals surface area contributed by atoms with Gasteiger partial charge in [-0.05, 0) is 29.7 Å². The largest absolute Gasteiger partial charge is 0.508 e. The van der Waals surface area contributed by atoms with Crippen molar-refractivity contribution in [3.05, 3.63) is 39.8 Å². The number of aromatic hydroxyl groups is 1. The van der Waals surface area contributed by atoms with Crippen LogP contribution in [0, 0.1) is 11.3 Å². The van der Waals surface area contributed by atoms with E-state index in [0.717, 1.165) is 10.2 Å². The molecule has 1 aromatic carbocycles. The standard InChI is InChI=1S/C14H13N3O3S/c1-3-8-6-9(18)4-5-10(8)12-13(20-21)11(7-15)16-17(2)14(12)19/h4-6,18,21H,3H2,1-2H3. The molecule has 21 heavy (non-hydrogen) atoms. The molecule has 0 saturated carbocycles. The van der Waals surface area contributed by atoms with E-state index in [4.69, 9.17) is 9.44 Å². The van der Waals surface area contributed by atoms with Gasteiger partial charge in [-0.15, -0.1) is 0 Å². The maximum atomic E-state index is 12.4. The minimum Gasteiger partial charge on any atom is -0.508 e. The molecule has 2 rings (SSSR count). The van der Waals surface area contributed by atoms with Crippen LogP contribution in [0.15, 0.2) is 23.0 Å². The van der Waals surface area contributed by atoms with Gasteiger partial charge in [-0.25, -0.2) is 4.68 Å². The quantitative estimate of drug-likeness (QED) is 0.667. The first-order valence-electron chi connectivity index (χ1n) is 6.18. The molecule has 0 aliphatic heterocycles. The lowest BCUT2D eigenvalue weighted by molar-refractivity contribution is 0.474. The topological polar surface area (TPSA) is 88.1 Å². The van der Waals surface area contributed by atoms with Crippen LogP contribution in [0.1, 0.15) is 18.2 Å². The molecule has 0 spiro atoms. The highest BCUT2D eigenvalue weighted by atomic mass is 32.1. The summed E-state index contributed by atoms with van der Waals surface area (Å²) in [6, 6.07) is 6.54. The zero-order valence-electron chi connectivity index (χ0n) is 11.5. The van der Waals surface area contributed by atoms with E-state index in [1.807, 2.05) is 13.0 Å². The zero-order valence-corrected chi connectivity index (χ0v) is 12.4. The van der Waals surface area contributed by atoms with Crippen LogP contribution in [0.2, 0.25) is 0 Å². The molecule has 0 unspecified atom stereocenters. The maximum absolute atomic E-state index is 12.4. The Labute approximate surface area is 126 Å². The van der Waals surface area contributed by atoms with Crippen LogP contribution in [-0.2, 0) is 13.5 Å². The molecule has 0 fully saturated rings. The molecule has 0 aliphatic rings. The number of benzene rings is 1. The molecular weight excluding hydrogens is 290 g/mol. The smallest absolute Gasteiger partial charge is 0.278 e. The van der Waals surface area contributed by atoms with Gasteiger partial charge >= 0.3 is 0 Å². The van der Waals surface area contributed by atoms with Gasteiger partial charge in [-0.3, -0.25) is 4.79 Å². The van der Waals surface area contributed by atoms with Crippen molar-refractivity contribution in [1.29, 1.82) is 5.26 Å². The monoisotopic (exact) mass is 303 g/mol. The van der Waals surface area contributed by atoms with E-state index >= 15 is 0 Å². The van der Waals surface area contributed by atoms with Crippen LogP contribution in [0.3, 0.4) is 0 Å². The van der Waals surface area contributed by atoms with Crippen molar-refractivity contribution < 1.29 is 9.29 Å². The number of phenols is 1. The first-order chi connectivity index (χ1) is 10.0. The van der Waals surface area contributed by atoms with Crippen molar-refractivity contribution >= 4 is 12.9 Å². The summed E-state index contributed by atoms with van der Waals surface area (Å²) in [6.45, 7) is 1.90. The maximum Gasteiger partial charge on any atom is 0.278 e. The number of nitrogens with zero attached hydrogens (tertiary/aromatic N) is 3. The summed E-state index contributed by atoms with van der Waals surface area (Å²) in [7, 11) is 1.46. The van der Waals surface area contributed by atoms with E-state index in [9.17, 15) is 9.90 Å². The Balaban J connectivity index is 2.90. The molecule has 108 valence electrons. The average Bonchev–Trinajstić information content (AvgIpc) is 2.49. The second-order valence-electron chi connectivity index (χ2n) is 4.38. The highest BCUT2D eigenvalue weighted by molar-refractivity contribution is 7.75. The molecule has 0 bridgehead atoms. The fourth-order valence-corrected chi connectivity index (χ4v) is 2.31. The molecule has 0 saturated heterocycles. The van der Waals surface area contributed by atoms with Crippen LogP contribution in [0.25, 0.3) is 11.1 Å². The normalized spacial score (nSPS) is 10.2. The van der Waals surface area contributed by atoms with Crippen LogP contribution in [-0.4, -0.2) is 14.9 Å². The molecule has 1 N–H and O–H groups in total. The van der Waals surface area contributed by atoms with Gasteiger partial charge in [-0.2, -0.15) is 10.4 Å². The summed E-state index contributed by atoms with van der Waals surface area (Å²) in [5.74, 6) is 0.125. The molecule has 0 amide bonds. The van der Waals surface area contributed by atoms with Crippen LogP contribution in [0.4, 0.5) is 0 Å². The number of hydrogen-bond donors (Lipinski definition) is 2. The van der Waals surface area contributed by atoms with Crippen LogP contribution >= 0.6 is 12.9 Å². The molecule has 1 aromatic heterocycles. The lowest BCUT2D eigenvalue weighted by Gasteiger charge is -2.13. The summed E-state index contributed by atoms with van der Waals surface area (Å²) in [5.41, 5.74) is 1.11. The summed E-state index contributed by atoms with van der Waals surface area (Å²) in [4.78, 5) is 12.4. The minimum atomic E-state index is -0.404. The number of hydrogen-bond acceptors (Lipinski definition) is 6. The van der Waals surface area contributed by atoms with E-state index in [1.54, 1.807) is 12.1 Å². The summed E-state index contributed by atoms with van der Waals surface area (Å²) < 4.78 is 6.00. The van der Waals surface area contributed by atoms with Crippen LogP contribution < -0.4 is 9.74 Å². The average molecular weight is 303 g/mol. The lowest BCUT2D eigenvalue weighted by Crippen LogP contribution is -2.23. The van der Waals surface area contributed by atoms with Gasteiger partial charge in [0, 0.05) is 20.0 Å². The predicted molar refractivity (Wildman–Crippen MR) is 80.3 cm³/mol. The number of phenolic OH excluding ortho intramolecular Hbond substituents is 1. The van der Waals surface area contributed by atoms with E-state index in [1.165, 1.54) is 13.1 Å².